The van der Waals surface area contributed by atoms with Crippen molar-refractivity contribution >= 4 is 28.2 Å². The molecule has 0 saturated carbocycles. The number of methoxy groups -OCH3 is 1. The molecule has 7 heteroatoms. The Bertz CT molecular complexity index is 1060. The van der Waals surface area contributed by atoms with Crippen LogP contribution in [0.3, 0.4) is 0 Å². The molecule has 0 spiro atoms. The van der Waals surface area contributed by atoms with Gasteiger partial charge < -0.3 is 19.0 Å². The van der Waals surface area contributed by atoms with Crippen LogP contribution in [0.1, 0.15) is 27.0 Å². The van der Waals surface area contributed by atoms with Crippen molar-refractivity contribution < 1.29 is 13.9 Å². The van der Waals surface area contributed by atoms with Crippen LogP contribution in [0.15, 0.2) is 44.9 Å². The van der Waals surface area contributed by atoms with E-state index in [2.05, 4.69) is 0 Å². The van der Waals surface area contributed by atoms with Gasteiger partial charge in [0.25, 0.3) is 5.91 Å². The first-order chi connectivity index (χ1) is 13.0. The van der Waals surface area contributed by atoms with Crippen LogP contribution in [0.25, 0.3) is 11.0 Å². The first kappa shape index (κ1) is 17.8. The van der Waals surface area contributed by atoms with Crippen LogP contribution in [0.4, 0.5) is 0 Å². The number of carbonyl (C=O) groups is 1. The van der Waals surface area contributed by atoms with Crippen LogP contribution >= 0.6 is 11.3 Å². The summed E-state index contributed by atoms with van der Waals surface area (Å²) < 4.78 is 11.1. The topological polar surface area (TPSA) is 63.0 Å². The van der Waals surface area contributed by atoms with E-state index < -0.39 is 6.04 Å². The van der Waals surface area contributed by atoms with E-state index in [4.69, 9.17) is 9.15 Å². The molecule has 27 heavy (non-hydrogen) atoms. The second kappa shape index (κ2) is 6.83. The van der Waals surface area contributed by atoms with E-state index in [1.165, 1.54) is 11.3 Å². The molecule has 1 aromatic carbocycles. The summed E-state index contributed by atoms with van der Waals surface area (Å²) in [5, 5.41) is 2.41. The molecule has 1 amide bonds. The average Bonchev–Trinajstić information content (AvgIpc) is 3.27. The molecular formula is C20H20N2O4S. The number of likely N-dealkylation sites (N-methyl/N-ethyl adjacent to an activating group) is 1. The Morgan fingerprint density at radius 2 is 2.07 bits per heavy atom. The summed E-state index contributed by atoms with van der Waals surface area (Å²) in [5.74, 6) is 0.472. The number of fused-ring (bicyclic) bond motifs is 2. The number of thiophene rings is 1. The molecule has 6 nitrogen and oxygen atoms in total. The number of hydrogen-bond donors (Lipinski definition) is 0. The fourth-order valence-electron chi connectivity index (χ4n) is 3.41. The molecule has 0 saturated heterocycles. The number of ether oxygens (including phenoxy) is 1. The van der Waals surface area contributed by atoms with E-state index in [0.717, 1.165) is 4.88 Å². The van der Waals surface area contributed by atoms with Gasteiger partial charge in [-0.3, -0.25) is 9.59 Å². The highest BCUT2D eigenvalue weighted by Crippen LogP contribution is 2.39. The molecule has 0 unspecified atom stereocenters. The highest BCUT2D eigenvalue weighted by Gasteiger charge is 2.42. The molecule has 0 fully saturated rings. The minimum atomic E-state index is -0.407. The number of rotatable bonds is 5. The zero-order valence-electron chi connectivity index (χ0n) is 15.4. The molecule has 1 atom stereocenters. The molecule has 3 heterocycles. The van der Waals surface area contributed by atoms with Gasteiger partial charge in [0, 0.05) is 24.0 Å². The minimum Gasteiger partial charge on any atom is -0.497 e. The Morgan fingerprint density at radius 3 is 2.74 bits per heavy atom. The number of hydrogen-bond acceptors (Lipinski definition) is 6. The van der Waals surface area contributed by atoms with Gasteiger partial charge in [-0.25, -0.2) is 0 Å². The summed E-state index contributed by atoms with van der Waals surface area (Å²) in [6.45, 7) is 1.21. The van der Waals surface area contributed by atoms with Crippen molar-refractivity contribution in [2.45, 2.75) is 6.04 Å². The van der Waals surface area contributed by atoms with Crippen LogP contribution in [0.2, 0.25) is 0 Å². The molecule has 1 aliphatic rings. The quantitative estimate of drug-likeness (QED) is 0.677. The maximum atomic E-state index is 13.3. The average molecular weight is 384 g/mol. The van der Waals surface area contributed by atoms with Crippen molar-refractivity contribution in [2.75, 3.05) is 34.3 Å². The lowest BCUT2D eigenvalue weighted by Crippen LogP contribution is -2.35. The summed E-state index contributed by atoms with van der Waals surface area (Å²) >= 11 is 1.54. The van der Waals surface area contributed by atoms with Crippen molar-refractivity contribution in [3.8, 4) is 5.75 Å². The van der Waals surface area contributed by atoms with Gasteiger partial charge in [0.2, 0.25) is 5.76 Å². The smallest absolute Gasteiger partial charge is 0.290 e. The fraction of sp³-hybridized carbons (Fsp3) is 0.300. The van der Waals surface area contributed by atoms with Gasteiger partial charge in [0.1, 0.15) is 11.3 Å². The fourth-order valence-corrected chi connectivity index (χ4v) is 4.25. The molecule has 4 rings (SSSR count). The molecule has 0 radical (unpaired) electrons. The standard InChI is InChI=1S/C20H20N2O4S/c1-21(2)8-9-22-17(15-5-4-10-27-15)16-18(23)13-7-6-12(25-3)11-14(13)26-19(16)20(22)24/h4-7,10-11,17H,8-9H2,1-3H3/t17-/m1/s1. The maximum absolute atomic E-state index is 13.3. The van der Waals surface area contributed by atoms with Gasteiger partial charge in [0.15, 0.2) is 5.43 Å². The predicted molar refractivity (Wildman–Crippen MR) is 105 cm³/mol. The van der Waals surface area contributed by atoms with Crippen LogP contribution in [0.5, 0.6) is 5.75 Å². The summed E-state index contributed by atoms with van der Waals surface area (Å²) in [5.41, 5.74) is 0.637. The van der Waals surface area contributed by atoms with Crippen LogP contribution in [-0.4, -0.2) is 50.0 Å². The monoisotopic (exact) mass is 384 g/mol. The highest BCUT2D eigenvalue weighted by atomic mass is 32.1. The van der Waals surface area contributed by atoms with E-state index in [-0.39, 0.29) is 17.1 Å². The van der Waals surface area contributed by atoms with Crippen molar-refractivity contribution in [3.63, 3.8) is 0 Å². The molecule has 0 N–H and O–H groups in total. The van der Waals surface area contributed by atoms with E-state index in [0.29, 0.717) is 35.4 Å². The zero-order valence-corrected chi connectivity index (χ0v) is 16.2. The van der Waals surface area contributed by atoms with Crippen LogP contribution in [0, 0.1) is 0 Å². The summed E-state index contributed by atoms with van der Waals surface area (Å²) in [7, 11) is 5.46. The number of carbonyl (C=O) groups excluding carboxylic acids is 1. The number of amides is 1. The largest absolute Gasteiger partial charge is 0.497 e. The van der Waals surface area contributed by atoms with Gasteiger partial charge in [0.05, 0.1) is 24.1 Å². The molecule has 1 aliphatic heterocycles. The number of benzene rings is 1. The van der Waals surface area contributed by atoms with Gasteiger partial charge in [-0.15, -0.1) is 11.3 Å². The second-order valence-corrected chi connectivity index (χ2v) is 7.74. The number of nitrogens with zero attached hydrogens (tertiary/aromatic N) is 2. The Kier molecular flexibility index (Phi) is 4.49. The third-order valence-corrected chi connectivity index (χ3v) is 5.70. The first-order valence-electron chi connectivity index (χ1n) is 8.65. The van der Waals surface area contributed by atoms with Gasteiger partial charge in [-0.05, 0) is 37.7 Å². The van der Waals surface area contributed by atoms with Crippen LogP contribution in [-0.2, 0) is 0 Å². The highest BCUT2D eigenvalue weighted by molar-refractivity contribution is 7.10. The SMILES string of the molecule is COc1ccc2c(=O)c3c(oc2c1)C(=O)N(CCN(C)C)[C@@H]3c1cccs1. The Balaban J connectivity index is 1.92. The molecule has 0 aliphatic carbocycles. The summed E-state index contributed by atoms with van der Waals surface area (Å²) in [6, 6.07) is 8.55. The third kappa shape index (κ3) is 2.93. The van der Waals surface area contributed by atoms with Gasteiger partial charge >= 0.3 is 0 Å². The molecule has 0 bridgehead atoms. The minimum absolute atomic E-state index is 0.137. The third-order valence-electron chi connectivity index (χ3n) is 4.78. The first-order valence-corrected chi connectivity index (χ1v) is 9.53. The van der Waals surface area contributed by atoms with Crippen LogP contribution < -0.4 is 10.2 Å². The second-order valence-electron chi connectivity index (χ2n) is 6.76. The Labute approximate surface area is 160 Å². The van der Waals surface area contributed by atoms with E-state index >= 15 is 0 Å². The van der Waals surface area contributed by atoms with Crippen molar-refractivity contribution in [1.82, 2.24) is 9.80 Å². The molecule has 2 aromatic heterocycles. The zero-order chi connectivity index (χ0) is 19.1. The lowest BCUT2D eigenvalue weighted by Gasteiger charge is -2.25. The molecule has 3 aromatic rings. The van der Waals surface area contributed by atoms with E-state index in [1.54, 1.807) is 30.2 Å². The summed E-state index contributed by atoms with van der Waals surface area (Å²) in [4.78, 5) is 31.1. The van der Waals surface area contributed by atoms with E-state index in [1.807, 2.05) is 36.5 Å². The van der Waals surface area contributed by atoms with Gasteiger partial charge in [-0.2, -0.15) is 0 Å². The molecular weight excluding hydrogens is 364 g/mol. The van der Waals surface area contributed by atoms with E-state index in [9.17, 15) is 9.59 Å². The van der Waals surface area contributed by atoms with Crippen molar-refractivity contribution in [2.24, 2.45) is 0 Å². The Morgan fingerprint density at radius 1 is 1.26 bits per heavy atom. The van der Waals surface area contributed by atoms with Gasteiger partial charge in [-0.1, -0.05) is 6.07 Å². The lowest BCUT2D eigenvalue weighted by atomic mass is 10.0. The Hall–Kier alpha value is -2.64. The van der Waals surface area contributed by atoms with Crippen molar-refractivity contribution in [1.29, 1.82) is 0 Å². The normalized spacial score (nSPS) is 16.4. The lowest BCUT2D eigenvalue weighted by molar-refractivity contribution is 0.0718. The predicted octanol–water partition coefficient (Wildman–Crippen LogP) is 2.97. The van der Waals surface area contributed by atoms with Crippen molar-refractivity contribution in [3.05, 3.63) is 62.1 Å². The molecule has 140 valence electrons. The summed E-state index contributed by atoms with van der Waals surface area (Å²) in [6.07, 6.45) is 0. The maximum Gasteiger partial charge on any atom is 0.290 e.